The van der Waals surface area contributed by atoms with E-state index in [1.165, 1.54) is 15.9 Å². The molecule has 7 rings (SSSR count). The molecule has 1 atom stereocenters. The summed E-state index contributed by atoms with van der Waals surface area (Å²) in [6.45, 7) is 1.90. The van der Waals surface area contributed by atoms with E-state index in [4.69, 9.17) is 17.0 Å². The van der Waals surface area contributed by atoms with Crippen LogP contribution in [-0.4, -0.2) is 9.52 Å². The quantitative estimate of drug-likeness (QED) is 0.124. The van der Waals surface area contributed by atoms with Crippen molar-refractivity contribution in [2.45, 2.75) is 22.9 Å². The van der Waals surface area contributed by atoms with Gasteiger partial charge in [-0.05, 0) is 0 Å². The van der Waals surface area contributed by atoms with Gasteiger partial charge in [0, 0.05) is 0 Å². The van der Waals surface area contributed by atoms with Crippen LogP contribution in [0.4, 0.5) is 26.3 Å². The number of allylic oxidation sites excluding steroid dienone is 1. The van der Waals surface area contributed by atoms with Crippen LogP contribution in [0.2, 0.25) is 0 Å². The second kappa shape index (κ2) is 11.4. The summed E-state index contributed by atoms with van der Waals surface area (Å²) < 4.78 is 84.7. The van der Waals surface area contributed by atoms with Crippen molar-refractivity contribution >= 4 is 46.3 Å². The first-order valence-electron chi connectivity index (χ1n) is 14.5. The van der Waals surface area contributed by atoms with Crippen molar-refractivity contribution in [3.8, 4) is 33.4 Å². The summed E-state index contributed by atoms with van der Waals surface area (Å²) in [7, 11) is 14.3. The number of halogens is 8. The minimum atomic E-state index is -4.98. The van der Waals surface area contributed by atoms with E-state index in [2.05, 4.69) is 18.2 Å². The van der Waals surface area contributed by atoms with Crippen LogP contribution in [0, 0.1) is 0 Å². The summed E-state index contributed by atoms with van der Waals surface area (Å²) in [4.78, 5) is 0. The molecule has 5 aromatic rings. The van der Waals surface area contributed by atoms with Gasteiger partial charge in [-0.3, -0.25) is 0 Å². The zero-order valence-electron chi connectivity index (χ0n) is 24.2. The molecule has 0 bridgehead atoms. The Balaban J connectivity index is 1.45. The first kappa shape index (κ1) is 31.7. The molecule has 1 heterocycles. The fraction of sp³-hybridized carbons (Fsp3) is 0.111. The molecule has 0 nitrogen and oxygen atoms in total. The Labute approximate surface area is 276 Å². The average Bonchev–Trinajstić information content (AvgIpc) is 3.57. The van der Waals surface area contributed by atoms with Gasteiger partial charge in [0.2, 0.25) is 0 Å². The second-order valence-electron chi connectivity index (χ2n) is 11.8. The molecule has 2 aliphatic rings. The molecule has 0 fully saturated rings. The van der Waals surface area contributed by atoms with Gasteiger partial charge in [-0.1, -0.05) is 0 Å². The summed E-state index contributed by atoms with van der Waals surface area (Å²) >= 11 is -4.40. The van der Waals surface area contributed by atoms with E-state index in [1.807, 2.05) is 43.3 Å². The predicted octanol–water partition coefficient (Wildman–Crippen LogP) is 9.40. The van der Waals surface area contributed by atoms with Gasteiger partial charge in [0.1, 0.15) is 0 Å². The number of rotatable bonds is 4. The van der Waals surface area contributed by atoms with E-state index in [-0.39, 0.29) is 17.2 Å². The maximum absolute atomic E-state index is 14.0. The van der Waals surface area contributed by atoms with Crippen LogP contribution in [0.5, 0.6) is 0 Å². The van der Waals surface area contributed by atoms with Gasteiger partial charge >= 0.3 is 278 Å². The van der Waals surface area contributed by atoms with Crippen LogP contribution in [0.15, 0.2) is 109 Å². The van der Waals surface area contributed by atoms with Gasteiger partial charge in [0.05, 0.1) is 0 Å². The summed E-state index contributed by atoms with van der Waals surface area (Å²) in [5.41, 5.74) is 3.04. The van der Waals surface area contributed by atoms with E-state index in [9.17, 15) is 26.3 Å². The molecule has 1 unspecified atom stereocenters. The second-order valence-corrected chi connectivity index (χ2v) is 27.6. The molecule has 0 N–H and O–H groups in total. The van der Waals surface area contributed by atoms with Gasteiger partial charge in [-0.2, -0.15) is 0 Å². The van der Waals surface area contributed by atoms with Crippen molar-refractivity contribution < 1.29 is 44.2 Å². The molecule has 46 heavy (non-hydrogen) atoms. The van der Waals surface area contributed by atoms with E-state index < -0.39 is 54.5 Å². The Morgan fingerprint density at radius 1 is 0.652 bits per heavy atom. The molecule has 5 aromatic carbocycles. The molecule has 0 saturated heterocycles. The molecule has 0 radical (unpaired) electrons. The molecular weight excluding hydrogens is 737 g/mol. The summed E-state index contributed by atoms with van der Waals surface area (Å²) in [6, 6.07) is 28.7. The van der Waals surface area contributed by atoms with Gasteiger partial charge in [-0.25, -0.2) is 0 Å². The third-order valence-corrected chi connectivity index (χ3v) is 23.5. The van der Waals surface area contributed by atoms with Crippen LogP contribution in [0.3, 0.4) is 0 Å². The first-order chi connectivity index (χ1) is 21.7. The van der Waals surface area contributed by atoms with Crippen molar-refractivity contribution in [3.05, 3.63) is 131 Å². The Bertz CT molecular complexity index is 2020. The van der Waals surface area contributed by atoms with Crippen LogP contribution in [0.25, 0.3) is 39.5 Å². The normalized spacial score (nSPS) is 16.3. The maximum atomic E-state index is 14.0. The van der Waals surface area contributed by atoms with Crippen LogP contribution < -0.4 is 13.6 Å². The Kier molecular flexibility index (Phi) is 7.83. The molecule has 0 spiro atoms. The van der Waals surface area contributed by atoms with Crippen LogP contribution >= 0.6 is 17.0 Å². The van der Waals surface area contributed by atoms with Crippen molar-refractivity contribution in [1.29, 1.82) is 0 Å². The number of fused-ring (bicyclic) bond motifs is 4. The van der Waals surface area contributed by atoms with Crippen molar-refractivity contribution in [2.24, 2.45) is 0 Å². The monoisotopic (exact) mass is 758 g/mol. The Morgan fingerprint density at radius 3 is 1.96 bits per heavy atom. The van der Waals surface area contributed by atoms with Gasteiger partial charge in [0.25, 0.3) is 0 Å². The third kappa shape index (κ3) is 5.35. The third-order valence-electron chi connectivity index (χ3n) is 8.95. The number of alkyl halides is 6. The molecule has 0 aromatic heterocycles. The topological polar surface area (TPSA) is 0 Å². The molecule has 1 aliphatic heterocycles. The van der Waals surface area contributed by atoms with Crippen molar-refractivity contribution in [3.63, 3.8) is 0 Å². The molecular formula is C36H24Cl2F6SiZr. The summed E-state index contributed by atoms with van der Waals surface area (Å²) in [5.74, 6) is 0. The Hall–Kier alpha value is -2.90. The van der Waals surface area contributed by atoms with Crippen LogP contribution in [0.1, 0.15) is 32.8 Å². The molecule has 232 valence electrons. The molecule has 1 aliphatic carbocycles. The molecule has 10 heteroatoms. The minimum absolute atomic E-state index is 0.162. The Morgan fingerprint density at radius 2 is 1.28 bits per heavy atom. The summed E-state index contributed by atoms with van der Waals surface area (Å²) in [5, 5.41) is 2.54. The first-order valence-corrected chi connectivity index (χ1v) is 24.9. The van der Waals surface area contributed by atoms with E-state index in [1.54, 1.807) is 36.4 Å². The van der Waals surface area contributed by atoms with E-state index >= 15 is 0 Å². The fourth-order valence-corrected chi connectivity index (χ4v) is 24.1. The predicted molar refractivity (Wildman–Crippen MR) is 175 cm³/mol. The zero-order chi connectivity index (χ0) is 32.6. The van der Waals surface area contributed by atoms with Crippen molar-refractivity contribution in [2.75, 3.05) is 0 Å². The van der Waals surface area contributed by atoms with Crippen LogP contribution in [-0.2, 0) is 30.2 Å². The van der Waals surface area contributed by atoms with E-state index in [0.29, 0.717) is 16.7 Å². The molecule has 0 saturated carbocycles. The SMILES string of the molecule is CC1=Cc2c(ccc(-c3ccccc3)c2-c2cc(C(F)(F)F)cc(C(F)(F)F)c2)[CH]1[Zr]([Cl])([Cl])[c]1cccc2c1[SiH2]c1ccccc1-2. The van der Waals surface area contributed by atoms with Gasteiger partial charge in [0.15, 0.2) is 0 Å². The average molecular weight is 761 g/mol. The molecule has 0 amide bonds. The fourth-order valence-electron chi connectivity index (χ4n) is 6.97. The zero-order valence-corrected chi connectivity index (χ0v) is 29.6. The van der Waals surface area contributed by atoms with E-state index in [0.717, 1.165) is 32.1 Å². The number of benzene rings is 5. The standard InChI is InChI=1S/C24H15F6.C12H9Si.2ClH.Zr/c1-14-9-16-7-8-20(15-5-3-2-4-6-15)22(21(16)10-14)17-11-18(23(25,26)27)13-19(12-17)24(28,29)30;1-3-7-11-9(5-1)10-6-2-4-8-12(10)13-11;;;/h2-13H,1H3;1-7H,13H2;2*1H;/q;;;;+2/p-2. The number of hydrogen-bond donors (Lipinski definition) is 0. The van der Waals surface area contributed by atoms with Crippen molar-refractivity contribution in [1.82, 2.24) is 0 Å². The van der Waals surface area contributed by atoms with Gasteiger partial charge < -0.3 is 0 Å². The number of hydrogen-bond acceptors (Lipinski definition) is 0. The summed E-state index contributed by atoms with van der Waals surface area (Å²) in [6.07, 6.45) is -8.12. The van der Waals surface area contributed by atoms with Gasteiger partial charge in [-0.15, -0.1) is 0 Å².